The molecule has 1 unspecified atom stereocenters. The summed E-state index contributed by atoms with van der Waals surface area (Å²) in [7, 11) is 0. The number of hydrogen-bond donors (Lipinski definition) is 0. The molecule has 0 amide bonds. The summed E-state index contributed by atoms with van der Waals surface area (Å²) in [4.78, 5) is 12.4. The van der Waals surface area contributed by atoms with Gasteiger partial charge in [-0.1, -0.05) is 22.0 Å². The molecule has 0 radical (unpaired) electrons. The quantitative estimate of drug-likeness (QED) is 0.761. The minimum absolute atomic E-state index is 0.242. The maximum absolute atomic E-state index is 12.4. The van der Waals surface area contributed by atoms with E-state index in [1.54, 1.807) is 0 Å². The normalized spacial score (nSPS) is 18.8. The smallest absolute Gasteiger partial charge is 0.163 e. The van der Waals surface area contributed by atoms with Crippen molar-refractivity contribution in [3.05, 3.63) is 32.8 Å². The van der Waals surface area contributed by atoms with E-state index in [0.29, 0.717) is 12.5 Å². The third-order valence-electron chi connectivity index (χ3n) is 3.87. The lowest BCUT2D eigenvalue weighted by atomic mass is 9.94. The molecule has 2 nitrogen and oxygen atoms in total. The highest BCUT2D eigenvalue weighted by atomic mass is 79.9. The fourth-order valence-corrected chi connectivity index (χ4v) is 3.19. The second-order valence-electron chi connectivity index (χ2n) is 5.42. The van der Waals surface area contributed by atoms with Crippen LogP contribution in [-0.4, -0.2) is 18.5 Å². The highest BCUT2D eigenvalue weighted by molar-refractivity contribution is 9.10. The van der Waals surface area contributed by atoms with Crippen LogP contribution in [0.1, 0.15) is 52.7 Å². The lowest BCUT2D eigenvalue weighted by Crippen LogP contribution is -2.11. The Hall–Kier alpha value is -0.670. The van der Waals surface area contributed by atoms with Gasteiger partial charge in [-0.3, -0.25) is 4.79 Å². The summed E-state index contributed by atoms with van der Waals surface area (Å²) in [6, 6.07) is 2.08. The van der Waals surface area contributed by atoms with Crippen LogP contribution in [0.15, 0.2) is 10.5 Å². The lowest BCUT2D eigenvalue weighted by molar-refractivity contribution is 0.0858. The van der Waals surface area contributed by atoms with Crippen LogP contribution in [0.3, 0.4) is 0 Å². The van der Waals surface area contributed by atoms with Crippen LogP contribution in [-0.2, 0) is 4.74 Å². The summed E-state index contributed by atoms with van der Waals surface area (Å²) in [5.41, 5.74) is 4.21. The van der Waals surface area contributed by atoms with E-state index in [2.05, 4.69) is 28.9 Å². The van der Waals surface area contributed by atoms with Gasteiger partial charge < -0.3 is 4.74 Å². The van der Waals surface area contributed by atoms with Crippen LogP contribution in [0.25, 0.3) is 0 Å². The fourth-order valence-electron chi connectivity index (χ4n) is 2.88. The molecule has 0 aromatic heterocycles. The van der Waals surface area contributed by atoms with Crippen LogP contribution in [0.4, 0.5) is 0 Å². The van der Waals surface area contributed by atoms with Gasteiger partial charge >= 0.3 is 0 Å². The van der Waals surface area contributed by atoms with Crippen molar-refractivity contribution in [3.63, 3.8) is 0 Å². The van der Waals surface area contributed by atoms with Gasteiger partial charge in [0, 0.05) is 23.1 Å². The SMILES string of the molecule is Cc1cc(C)c(C(=O)CCC2CCCO2)c(C)c1Br. The minimum atomic E-state index is 0.242. The number of carbonyl (C=O) groups is 1. The number of rotatable bonds is 4. The molecule has 1 saturated heterocycles. The van der Waals surface area contributed by atoms with E-state index in [1.807, 2.05) is 13.8 Å². The van der Waals surface area contributed by atoms with E-state index >= 15 is 0 Å². The van der Waals surface area contributed by atoms with Gasteiger partial charge in [-0.05, 0) is 56.7 Å². The zero-order chi connectivity index (χ0) is 14.0. The van der Waals surface area contributed by atoms with Crippen LogP contribution < -0.4 is 0 Å². The zero-order valence-electron chi connectivity index (χ0n) is 11.9. The summed E-state index contributed by atoms with van der Waals surface area (Å²) in [5, 5.41) is 0. The molecule has 19 heavy (non-hydrogen) atoms. The molecule has 1 aromatic rings. The Kier molecular flexibility index (Phi) is 4.80. The second-order valence-corrected chi connectivity index (χ2v) is 6.21. The molecule has 1 aliphatic heterocycles. The Morgan fingerprint density at radius 3 is 2.74 bits per heavy atom. The highest BCUT2D eigenvalue weighted by Gasteiger charge is 2.20. The molecule has 2 rings (SSSR count). The Labute approximate surface area is 123 Å². The maximum atomic E-state index is 12.4. The minimum Gasteiger partial charge on any atom is -0.378 e. The van der Waals surface area contributed by atoms with Crippen molar-refractivity contribution in [3.8, 4) is 0 Å². The van der Waals surface area contributed by atoms with Gasteiger partial charge in [0.15, 0.2) is 5.78 Å². The predicted molar refractivity (Wildman–Crippen MR) is 80.9 cm³/mol. The molecule has 1 heterocycles. The number of ether oxygens (including phenoxy) is 1. The van der Waals surface area contributed by atoms with Crippen LogP contribution in [0.5, 0.6) is 0 Å². The van der Waals surface area contributed by atoms with Crippen molar-refractivity contribution in [2.45, 2.75) is 52.6 Å². The molecule has 0 saturated carbocycles. The predicted octanol–water partition coefficient (Wildman–Crippen LogP) is 4.52. The first-order chi connectivity index (χ1) is 9.00. The van der Waals surface area contributed by atoms with Crippen molar-refractivity contribution in [2.24, 2.45) is 0 Å². The van der Waals surface area contributed by atoms with E-state index in [1.165, 1.54) is 5.56 Å². The summed E-state index contributed by atoms with van der Waals surface area (Å²) < 4.78 is 6.64. The van der Waals surface area contributed by atoms with Gasteiger partial charge in [-0.25, -0.2) is 0 Å². The second kappa shape index (κ2) is 6.19. The van der Waals surface area contributed by atoms with E-state index in [-0.39, 0.29) is 5.78 Å². The van der Waals surface area contributed by atoms with Crippen molar-refractivity contribution < 1.29 is 9.53 Å². The molecule has 0 spiro atoms. The third kappa shape index (κ3) is 3.26. The average Bonchev–Trinajstić information content (AvgIpc) is 2.86. The maximum Gasteiger partial charge on any atom is 0.163 e. The molecular weight excluding hydrogens is 304 g/mol. The first-order valence-electron chi connectivity index (χ1n) is 6.91. The standard InChI is InChI=1S/C16H21BrO2/c1-10-9-11(2)16(17)12(3)15(10)14(18)7-6-13-5-4-8-19-13/h9,13H,4-8H2,1-3H3. The Morgan fingerprint density at radius 2 is 2.11 bits per heavy atom. The number of aryl methyl sites for hydroxylation is 2. The molecule has 104 valence electrons. The van der Waals surface area contributed by atoms with Gasteiger partial charge in [0.2, 0.25) is 0 Å². The molecule has 0 N–H and O–H groups in total. The van der Waals surface area contributed by atoms with Gasteiger partial charge in [0.25, 0.3) is 0 Å². The summed E-state index contributed by atoms with van der Waals surface area (Å²) >= 11 is 3.57. The van der Waals surface area contributed by atoms with Crippen molar-refractivity contribution >= 4 is 21.7 Å². The number of carbonyl (C=O) groups excluding carboxylic acids is 1. The fraction of sp³-hybridized carbons (Fsp3) is 0.562. The number of hydrogen-bond acceptors (Lipinski definition) is 2. The first kappa shape index (κ1) is 14.7. The average molecular weight is 325 g/mol. The van der Waals surface area contributed by atoms with Gasteiger partial charge in [0.1, 0.15) is 0 Å². The molecule has 1 fully saturated rings. The Bertz CT molecular complexity index is 488. The molecular formula is C16H21BrO2. The van der Waals surface area contributed by atoms with Gasteiger partial charge in [0.05, 0.1) is 6.10 Å². The first-order valence-corrected chi connectivity index (χ1v) is 7.71. The van der Waals surface area contributed by atoms with Crippen LogP contribution in [0, 0.1) is 20.8 Å². The third-order valence-corrected chi connectivity index (χ3v) is 5.09. The molecule has 1 aliphatic rings. The number of benzene rings is 1. The molecule has 0 aliphatic carbocycles. The van der Waals surface area contributed by atoms with Crippen molar-refractivity contribution in [1.82, 2.24) is 0 Å². The highest BCUT2D eigenvalue weighted by Crippen LogP contribution is 2.28. The summed E-state index contributed by atoms with van der Waals surface area (Å²) in [6.45, 7) is 6.95. The summed E-state index contributed by atoms with van der Waals surface area (Å²) in [5.74, 6) is 0.242. The van der Waals surface area contributed by atoms with Crippen LogP contribution in [0.2, 0.25) is 0 Å². The van der Waals surface area contributed by atoms with Gasteiger partial charge in [-0.2, -0.15) is 0 Å². The van der Waals surface area contributed by atoms with E-state index in [9.17, 15) is 4.79 Å². The van der Waals surface area contributed by atoms with Gasteiger partial charge in [-0.15, -0.1) is 0 Å². The molecule has 3 heteroatoms. The monoisotopic (exact) mass is 324 g/mol. The largest absolute Gasteiger partial charge is 0.378 e. The number of ketones is 1. The number of halogens is 1. The van der Waals surface area contributed by atoms with Crippen molar-refractivity contribution in [1.29, 1.82) is 0 Å². The molecule has 1 aromatic carbocycles. The number of Topliss-reactive ketones (excluding diaryl/α,β-unsaturated/α-hetero) is 1. The Morgan fingerprint density at radius 1 is 1.37 bits per heavy atom. The topological polar surface area (TPSA) is 26.3 Å². The molecule has 0 bridgehead atoms. The Balaban J connectivity index is 2.12. The van der Waals surface area contributed by atoms with Crippen LogP contribution >= 0.6 is 15.9 Å². The van der Waals surface area contributed by atoms with E-state index in [0.717, 1.165) is 47.0 Å². The molecule has 1 atom stereocenters. The van der Waals surface area contributed by atoms with Crippen molar-refractivity contribution in [2.75, 3.05) is 6.61 Å². The van der Waals surface area contributed by atoms with E-state index < -0.39 is 0 Å². The van der Waals surface area contributed by atoms with E-state index in [4.69, 9.17) is 4.74 Å². The summed E-state index contributed by atoms with van der Waals surface area (Å²) in [6.07, 6.45) is 3.96. The lowest BCUT2D eigenvalue weighted by Gasteiger charge is -2.14. The zero-order valence-corrected chi connectivity index (χ0v) is 13.5.